The van der Waals surface area contributed by atoms with Crippen molar-refractivity contribution in [3.63, 3.8) is 0 Å². The first kappa shape index (κ1) is 16.1. The summed E-state index contributed by atoms with van der Waals surface area (Å²) in [7, 11) is -3.33. The van der Waals surface area contributed by atoms with Gasteiger partial charge in [-0.25, -0.2) is 17.2 Å². The Morgan fingerprint density at radius 2 is 1.72 bits per heavy atom. The monoisotopic (exact) mass is 368 g/mol. The Morgan fingerprint density at radius 1 is 1.00 bits per heavy atom. The van der Waals surface area contributed by atoms with E-state index in [4.69, 9.17) is 0 Å². The summed E-state index contributed by atoms with van der Waals surface area (Å²) >= 11 is 0. The molecule has 5 fully saturated rings. The van der Waals surface area contributed by atoms with Gasteiger partial charge in [-0.15, -0.1) is 0 Å². The van der Waals surface area contributed by atoms with Crippen LogP contribution in [0.4, 0.5) is 8.78 Å². The Balaban J connectivity index is 1.59. The lowest BCUT2D eigenvalue weighted by Crippen LogP contribution is -2.61. The second kappa shape index (κ2) is 5.47. The first-order valence-electron chi connectivity index (χ1n) is 9.17. The van der Waals surface area contributed by atoms with Crippen molar-refractivity contribution >= 4 is 10.0 Å². The Bertz CT molecular complexity index is 803. The van der Waals surface area contributed by atoms with E-state index in [1.54, 1.807) is 10.4 Å². The lowest BCUT2D eigenvalue weighted by atomic mass is 9.75. The Kier molecular flexibility index (Phi) is 3.53. The predicted molar refractivity (Wildman–Crippen MR) is 89.6 cm³/mol. The third kappa shape index (κ3) is 2.32. The molecule has 4 nitrogen and oxygen atoms in total. The number of rotatable bonds is 3. The highest BCUT2D eigenvalue weighted by molar-refractivity contribution is 7.90. The van der Waals surface area contributed by atoms with Crippen molar-refractivity contribution < 1.29 is 17.2 Å². The average Bonchev–Trinajstić information content (AvgIpc) is 3.39. The van der Waals surface area contributed by atoms with E-state index in [0.717, 1.165) is 44.8 Å². The van der Waals surface area contributed by atoms with Crippen molar-refractivity contribution in [2.45, 2.75) is 48.9 Å². The lowest BCUT2D eigenvalue weighted by molar-refractivity contribution is 0.0119. The highest BCUT2D eigenvalue weighted by Gasteiger charge is 2.58. The van der Waals surface area contributed by atoms with Gasteiger partial charge in [0.1, 0.15) is 0 Å². The second-order valence-corrected chi connectivity index (χ2v) is 10.1. The molecule has 6 rings (SSSR count). The van der Waals surface area contributed by atoms with E-state index < -0.39 is 21.7 Å². The third-order valence-electron chi connectivity index (χ3n) is 6.60. The summed E-state index contributed by atoms with van der Waals surface area (Å²) in [5.41, 5.74) is 0.330. The van der Waals surface area contributed by atoms with Crippen LogP contribution in [0.15, 0.2) is 18.2 Å². The van der Waals surface area contributed by atoms with Gasteiger partial charge in [0.2, 0.25) is 10.0 Å². The van der Waals surface area contributed by atoms with Crippen molar-refractivity contribution in [2.24, 2.45) is 5.92 Å². The summed E-state index contributed by atoms with van der Waals surface area (Å²) in [5.74, 6) is -1.63. The van der Waals surface area contributed by atoms with Gasteiger partial charge in [-0.05, 0) is 56.3 Å². The van der Waals surface area contributed by atoms with Gasteiger partial charge < -0.3 is 0 Å². The first-order chi connectivity index (χ1) is 12.0. The lowest BCUT2D eigenvalue weighted by Gasteiger charge is -2.51. The number of nitrogens with zero attached hydrogens (tertiary/aromatic N) is 2. The Hall–Kier alpha value is -1.05. The molecule has 1 saturated carbocycles. The average molecular weight is 368 g/mol. The largest absolute Gasteiger partial charge is 0.298 e. The zero-order chi connectivity index (χ0) is 17.3. The summed E-state index contributed by atoms with van der Waals surface area (Å²) in [6, 6.07) is 4.16. The topological polar surface area (TPSA) is 40.6 Å². The predicted octanol–water partition coefficient (Wildman–Crippen LogP) is 2.32. The molecule has 0 radical (unpaired) electrons. The summed E-state index contributed by atoms with van der Waals surface area (Å²) in [5, 5.41) is -0.264. The molecule has 25 heavy (non-hydrogen) atoms. The molecule has 136 valence electrons. The van der Waals surface area contributed by atoms with Crippen LogP contribution in [0.25, 0.3) is 0 Å². The molecule has 4 aliphatic heterocycles. The van der Waals surface area contributed by atoms with Gasteiger partial charge >= 0.3 is 0 Å². The highest BCUT2D eigenvalue weighted by atomic mass is 32.2. The fourth-order valence-corrected chi connectivity index (χ4v) is 7.41. The summed E-state index contributed by atoms with van der Waals surface area (Å²) in [4.78, 5) is 2.31. The molecular formula is C18H22F2N2O2S. The quantitative estimate of drug-likeness (QED) is 0.822. The highest BCUT2D eigenvalue weighted by Crippen LogP contribution is 2.49. The van der Waals surface area contributed by atoms with Gasteiger partial charge in [-0.1, -0.05) is 12.1 Å². The van der Waals surface area contributed by atoms with Crippen molar-refractivity contribution in [1.29, 1.82) is 0 Å². The molecule has 4 saturated heterocycles. The maximum Gasteiger partial charge on any atom is 0.217 e. The van der Waals surface area contributed by atoms with Crippen LogP contribution in [0.5, 0.6) is 0 Å². The SMILES string of the molecule is O=S(=O)(C1CC1)N1C[C@@H](c2cccc(F)c2F)[C@@H]2[C@H]1C1CCN2CC1. The van der Waals surface area contributed by atoms with Crippen molar-refractivity contribution in [2.75, 3.05) is 19.6 Å². The van der Waals surface area contributed by atoms with Crippen LogP contribution in [0.1, 0.15) is 37.2 Å². The van der Waals surface area contributed by atoms with E-state index in [1.807, 2.05) is 0 Å². The number of fused-ring (bicyclic) bond motifs is 2. The molecule has 0 spiro atoms. The molecule has 1 aromatic carbocycles. The van der Waals surface area contributed by atoms with Crippen molar-refractivity contribution in [3.05, 3.63) is 35.4 Å². The van der Waals surface area contributed by atoms with Crippen LogP contribution in [0.2, 0.25) is 0 Å². The number of hydrogen-bond acceptors (Lipinski definition) is 3. The third-order valence-corrected chi connectivity index (χ3v) is 8.96. The molecule has 5 aliphatic rings. The van der Waals surface area contributed by atoms with Crippen LogP contribution in [-0.4, -0.2) is 54.6 Å². The number of piperidine rings is 3. The standard InChI is InChI=1S/C18H22F2N2O2S/c19-15-3-1-2-13(16(15)20)14-10-22(25(23,24)12-4-5-12)17-11-6-8-21(9-7-11)18(14)17/h1-3,11-12,14,17-18H,4-10H2/t14-,17+,18+/m0/s1. The normalized spacial score (nSPS) is 38.1. The minimum absolute atomic E-state index is 0.0303. The maximum absolute atomic E-state index is 14.5. The number of benzene rings is 1. The minimum Gasteiger partial charge on any atom is -0.298 e. The fourth-order valence-electron chi connectivity index (χ4n) is 5.30. The fraction of sp³-hybridized carbons (Fsp3) is 0.667. The van der Waals surface area contributed by atoms with Gasteiger partial charge in [-0.2, -0.15) is 4.31 Å². The van der Waals surface area contributed by atoms with Gasteiger partial charge in [0.25, 0.3) is 0 Å². The molecule has 7 heteroatoms. The molecule has 1 aromatic rings. The van der Waals surface area contributed by atoms with E-state index >= 15 is 0 Å². The molecular weight excluding hydrogens is 346 g/mol. The van der Waals surface area contributed by atoms with E-state index in [2.05, 4.69) is 4.90 Å². The van der Waals surface area contributed by atoms with Gasteiger partial charge in [0, 0.05) is 24.5 Å². The van der Waals surface area contributed by atoms with Crippen LogP contribution in [0.3, 0.4) is 0 Å². The molecule has 0 aromatic heterocycles. The molecule has 0 unspecified atom stereocenters. The van der Waals surface area contributed by atoms with Crippen LogP contribution in [-0.2, 0) is 10.0 Å². The van der Waals surface area contributed by atoms with E-state index in [-0.39, 0.29) is 29.8 Å². The Labute approximate surface area is 146 Å². The van der Waals surface area contributed by atoms with Gasteiger partial charge in [0.15, 0.2) is 11.6 Å². The van der Waals surface area contributed by atoms with Crippen LogP contribution < -0.4 is 0 Å². The molecule has 1 aliphatic carbocycles. The van der Waals surface area contributed by atoms with Gasteiger partial charge in [0.05, 0.1) is 5.25 Å². The van der Waals surface area contributed by atoms with Crippen LogP contribution >= 0.6 is 0 Å². The van der Waals surface area contributed by atoms with Crippen LogP contribution in [0, 0.1) is 17.6 Å². The summed E-state index contributed by atoms with van der Waals surface area (Å²) in [6.07, 6.45) is 3.44. The summed E-state index contributed by atoms with van der Waals surface area (Å²) in [6.45, 7) is 2.13. The van der Waals surface area contributed by atoms with E-state index in [9.17, 15) is 17.2 Å². The van der Waals surface area contributed by atoms with E-state index in [0.29, 0.717) is 11.5 Å². The molecule has 4 heterocycles. The second-order valence-electron chi connectivity index (χ2n) is 7.92. The van der Waals surface area contributed by atoms with E-state index in [1.165, 1.54) is 6.07 Å². The Morgan fingerprint density at radius 3 is 2.40 bits per heavy atom. The van der Waals surface area contributed by atoms with Gasteiger partial charge in [-0.3, -0.25) is 4.90 Å². The number of sulfonamides is 1. The van der Waals surface area contributed by atoms with Crippen molar-refractivity contribution in [3.8, 4) is 0 Å². The summed E-state index contributed by atoms with van der Waals surface area (Å²) < 4.78 is 55.9. The first-order valence-corrected chi connectivity index (χ1v) is 10.7. The zero-order valence-corrected chi connectivity index (χ0v) is 14.8. The molecule has 0 amide bonds. The maximum atomic E-state index is 14.5. The molecule has 2 bridgehead atoms. The smallest absolute Gasteiger partial charge is 0.217 e. The molecule has 3 atom stereocenters. The zero-order valence-electron chi connectivity index (χ0n) is 13.9. The number of halogens is 2. The van der Waals surface area contributed by atoms with Crippen molar-refractivity contribution in [1.82, 2.24) is 9.21 Å². The number of hydrogen-bond donors (Lipinski definition) is 0. The molecule has 0 N–H and O–H groups in total. The minimum atomic E-state index is -3.33.